The SMILES string of the molecule is CCN[C@H]1C[C@@H](N)[C@H](O[C@H]2OC(C(C)N)=CC[C@H]2N)[C@@H](O)[C@@H]1O[C@H]1OC[C@](C)(O)[C@H](NC)[C@H]1O. The lowest BCUT2D eigenvalue weighted by Gasteiger charge is -2.49. The lowest BCUT2D eigenvalue weighted by atomic mass is 9.83. The van der Waals surface area contributed by atoms with Crippen LogP contribution in [0.1, 0.15) is 33.6 Å². The van der Waals surface area contributed by atoms with Gasteiger partial charge in [-0.1, -0.05) is 6.92 Å². The molecule has 12 atom stereocenters. The summed E-state index contributed by atoms with van der Waals surface area (Å²) >= 11 is 0. The monoisotopic (exact) mass is 489 g/mol. The van der Waals surface area contributed by atoms with Crippen LogP contribution in [0.2, 0.25) is 0 Å². The van der Waals surface area contributed by atoms with Crippen LogP contribution >= 0.6 is 0 Å². The summed E-state index contributed by atoms with van der Waals surface area (Å²) in [4.78, 5) is 0. The van der Waals surface area contributed by atoms with Gasteiger partial charge < -0.3 is 62.1 Å². The molecule has 34 heavy (non-hydrogen) atoms. The Hall–Kier alpha value is -0.900. The molecule has 11 N–H and O–H groups in total. The van der Waals surface area contributed by atoms with Crippen molar-refractivity contribution in [2.75, 3.05) is 20.2 Å². The van der Waals surface area contributed by atoms with E-state index in [4.69, 9.17) is 36.1 Å². The van der Waals surface area contributed by atoms with Crippen LogP contribution < -0.4 is 27.8 Å². The quantitative estimate of drug-likeness (QED) is 0.174. The highest BCUT2D eigenvalue weighted by Gasteiger charge is 2.51. The minimum Gasteiger partial charge on any atom is -0.466 e. The molecule has 1 unspecified atom stereocenters. The van der Waals surface area contributed by atoms with E-state index in [1.54, 1.807) is 20.9 Å². The molecule has 1 saturated carbocycles. The molecule has 0 aromatic carbocycles. The fourth-order valence-corrected chi connectivity index (χ4v) is 4.99. The second-order valence-electron chi connectivity index (χ2n) is 9.83. The van der Waals surface area contributed by atoms with Crippen LogP contribution in [0.3, 0.4) is 0 Å². The Bertz CT molecular complexity index is 697. The number of nitrogens with two attached hydrogens (primary N) is 3. The number of aliphatic hydroxyl groups is 3. The van der Waals surface area contributed by atoms with Gasteiger partial charge in [0.1, 0.15) is 35.8 Å². The third-order valence-corrected chi connectivity index (χ3v) is 6.85. The number of ether oxygens (including phenoxy) is 4. The molecule has 2 heterocycles. The number of hydrogen-bond acceptors (Lipinski definition) is 12. The van der Waals surface area contributed by atoms with Gasteiger partial charge in [0.25, 0.3) is 0 Å². The first-order valence-corrected chi connectivity index (χ1v) is 12.0. The average Bonchev–Trinajstić information content (AvgIpc) is 2.76. The first-order valence-electron chi connectivity index (χ1n) is 12.0. The molecule has 0 spiro atoms. The molecular formula is C22H43N5O7. The van der Waals surface area contributed by atoms with Crippen molar-refractivity contribution >= 4 is 0 Å². The molecule has 12 heteroatoms. The van der Waals surface area contributed by atoms with Crippen LogP contribution in [0.15, 0.2) is 11.8 Å². The molecule has 0 amide bonds. The van der Waals surface area contributed by atoms with Crippen molar-refractivity contribution < 1.29 is 34.3 Å². The van der Waals surface area contributed by atoms with Crippen LogP contribution in [-0.2, 0) is 18.9 Å². The van der Waals surface area contributed by atoms with E-state index < -0.39 is 60.7 Å². The summed E-state index contributed by atoms with van der Waals surface area (Å²) < 4.78 is 23.7. The van der Waals surface area contributed by atoms with E-state index in [1.807, 2.05) is 13.0 Å². The van der Waals surface area contributed by atoms with Gasteiger partial charge in [-0.25, -0.2) is 0 Å². The Kier molecular flexibility index (Phi) is 9.31. The summed E-state index contributed by atoms with van der Waals surface area (Å²) in [6.07, 6.45) is -3.09. The van der Waals surface area contributed by atoms with Gasteiger partial charge >= 0.3 is 0 Å². The summed E-state index contributed by atoms with van der Waals surface area (Å²) in [5.74, 6) is 0.577. The summed E-state index contributed by atoms with van der Waals surface area (Å²) in [6, 6.07) is -2.30. The first-order chi connectivity index (χ1) is 16.0. The second-order valence-corrected chi connectivity index (χ2v) is 9.83. The maximum atomic E-state index is 11.3. The van der Waals surface area contributed by atoms with Crippen LogP contribution in [0.4, 0.5) is 0 Å². The third-order valence-electron chi connectivity index (χ3n) is 6.85. The summed E-state index contributed by atoms with van der Waals surface area (Å²) in [5, 5.41) is 38.9. The van der Waals surface area contributed by atoms with Crippen molar-refractivity contribution in [3.05, 3.63) is 11.8 Å². The van der Waals surface area contributed by atoms with Crippen molar-refractivity contribution in [3.8, 4) is 0 Å². The summed E-state index contributed by atoms with van der Waals surface area (Å²) in [7, 11) is 1.64. The molecule has 3 aliphatic rings. The Morgan fingerprint density at radius 1 is 1.18 bits per heavy atom. The van der Waals surface area contributed by atoms with Crippen LogP contribution in [0, 0.1) is 0 Å². The fourth-order valence-electron chi connectivity index (χ4n) is 4.99. The predicted octanol–water partition coefficient (Wildman–Crippen LogP) is -2.81. The lowest BCUT2D eigenvalue weighted by Crippen LogP contribution is -2.69. The van der Waals surface area contributed by atoms with E-state index in [2.05, 4.69) is 10.6 Å². The number of aliphatic hydroxyl groups excluding tert-OH is 2. The molecule has 1 aliphatic carbocycles. The minimum atomic E-state index is -1.28. The molecule has 1 saturated heterocycles. The summed E-state index contributed by atoms with van der Waals surface area (Å²) in [5.41, 5.74) is 17.3. The Labute approximate surface area is 201 Å². The van der Waals surface area contributed by atoms with E-state index in [0.29, 0.717) is 25.1 Å². The standard InChI is InChI=1S/C22H43N5O7/c1-5-27-13-8-12(25)17(33-20-11(24)6-7-14(32-20)10(2)23)15(28)18(13)34-21-16(29)19(26-4)22(3,30)9-31-21/h7,10-13,15-21,26-30H,5-6,8-9,23-25H2,1-4H3/t10?,11-,12-,13+,15-,16-,17+,18-,19-,20-,21-,22+/m1/s1. The van der Waals surface area contributed by atoms with Crippen LogP contribution in [0.25, 0.3) is 0 Å². The molecular weight excluding hydrogens is 446 g/mol. The zero-order valence-corrected chi connectivity index (χ0v) is 20.5. The van der Waals surface area contributed by atoms with Crippen LogP contribution in [-0.4, -0.2) is 108 Å². The fraction of sp³-hybridized carbons (Fsp3) is 0.909. The van der Waals surface area contributed by atoms with Crippen molar-refractivity contribution in [2.45, 2.75) is 106 Å². The number of hydrogen-bond donors (Lipinski definition) is 8. The maximum Gasteiger partial charge on any atom is 0.215 e. The van der Waals surface area contributed by atoms with E-state index in [9.17, 15) is 15.3 Å². The minimum absolute atomic E-state index is 0.0501. The van der Waals surface area contributed by atoms with E-state index in [0.717, 1.165) is 0 Å². The van der Waals surface area contributed by atoms with E-state index >= 15 is 0 Å². The number of likely N-dealkylation sites (N-methyl/N-ethyl adjacent to an activating group) is 2. The van der Waals surface area contributed by atoms with Crippen LogP contribution in [0.5, 0.6) is 0 Å². The molecule has 3 rings (SSSR count). The van der Waals surface area contributed by atoms with E-state index in [-0.39, 0.29) is 18.7 Å². The van der Waals surface area contributed by atoms with E-state index in [1.165, 1.54) is 0 Å². The van der Waals surface area contributed by atoms with Crippen molar-refractivity contribution in [1.29, 1.82) is 0 Å². The second kappa shape index (κ2) is 11.4. The number of rotatable bonds is 8. The van der Waals surface area contributed by atoms with Gasteiger partial charge in [0.05, 0.1) is 24.7 Å². The average molecular weight is 490 g/mol. The zero-order valence-electron chi connectivity index (χ0n) is 20.5. The smallest absolute Gasteiger partial charge is 0.215 e. The molecule has 0 radical (unpaired) electrons. The van der Waals surface area contributed by atoms with Gasteiger partial charge in [0.15, 0.2) is 6.29 Å². The molecule has 0 aromatic rings. The lowest BCUT2D eigenvalue weighted by molar-refractivity contribution is -0.304. The van der Waals surface area contributed by atoms with Gasteiger partial charge in [0.2, 0.25) is 6.29 Å². The van der Waals surface area contributed by atoms with Gasteiger partial charge in [-0.05, 0) is 46.4 Å². The molecule has 12 nitrogen and oxygen atoms in total. The zero-order chi connectivity index (χ0) is 25.2. The molecule has 2 fully saturated rings. The van der Waals surface area contributed by atoms with Gasteiger partial charge in [0, 0.05) is 12.1 Å². The first kappa shape index (κ1) is 27.7. The van der Waals surface area contributed by atoms with Gasteiger partial charge in [-0.15, -0.1) is 0 Å². The maximum absolute atomic E-state index is 11.3. The number of nitrogens with one attached hydrogen (secondary N) is 2. The highest BCUT2D eigenvalue weighted by molar-refractivity contribution is 5.07. The Morgan fingerprint density at radius 3 is 2.47 bits per heavy atom. The van der Waals surface area contributed by atoms with Crippen molar-refractivity contribution in [2.24, 2.45) is 17.2 Å². The molecule has 2 aliphatic heterocycles. The Morgan fingerprint density at radius 2 is 1.85 bits per heavy atom. The molecule has 0 aromatic heterocycles. The molecule has 198 valence electrons. The topological polar surface area (TPSA) is 200 Å². The highest BCUT2D eigenvalue weighted by atomic mass is 16.7. The normalized spacial score (nSPS) is 46.5. The van der Waals surface area contributed by atoms with Crippen molar-refractivity contribution in [1.82, 2.24) is 10.6 Å². The van der Waals surface area contributed by atoms with Crippen molar-refractivity contribution in [3.63, 3.8) is 0 Å². The summed E-state index contributed by atoms with van der Waals surface area (Å²) in [6.45, 7) is 5.89. The largest absolute Gasteiger partial charge is 0.466 e. The van der Waals surface area contributed by atoms with Gasteiger partial charge in [-0.2, -0.15) is 0 Å². The predicted molar refractivity (Wildman–Crippen MR) is 124 cm³/mol. The third kappa shape index (κ3) is 5.90. The Balaban J connectivity index is 1.76. The molecule has 0 bridgehead atoms. The van der Waals surface area contributed by atoms with Gasteiger partial charge in [-0.3, -0.25) is 0 Å². The highest BCUT2D eigenvalue weighted by Crippen LogP contribution is 2.32.